The van der Waals surface area contributed by atoms with Gasteiger partial charge in [-0.15, -0.1) is 0 Å². The largest absolute Gasteiger partial charge is 0.368 e. The zero-order valence-corrected chi connectivity index (χ0v) is 20.7. The van der Waals surface area contributed by atoms with Gasteiger partial charge in [-0.2, -0.15) is 0 Å². The third-order valence-corrected chi connectivity index (χ3v) is 7.18. The normalized spacial score (nSPS) is 21.1. The molecule has 2 heterocycles. The first kappa shape index (κ1) is 25.0. The smallest absolute Gasteiger partial charge is 0.268 e. The molecule has 0 radical (unpaired) electrons. The van der Waals surface area contributed by atoms with E-state index in [0.29, 0.717) is 29.3 Å². The van der Waals surface area contributed by atoms with E-state index in [9.17, 15) is 19.2 Å². The highest BCUT2D eigenvalue weighted by atomic mass is 35.5. The molecule has 10 heteroatoms. The summed E-state index contributed by atoms with van der Waals surface area (Å²) in [6.45, 7) is 3.89. The van der Waals surface area contributed by atoms with E-state index in [0.717, 1.165) is 24.6 Å². The lowest BCUT2D eigenvalue weighted by atomic mass is 9.83. The number of halogens is 1. The Labute approximate surface area is 208 Å². The van der Waals surface area contributed by atoms with Crippen molar-refractivity contribution < 1.29 is 19.2 Å². The first-order chi connectivity index (χ1) is 16.5. The summed E-state index contributed by atoms with van der Waals surface area (Å²) < 4.78 is 0. The van der Waals surface area contributed by atoms with Gasteiger partial charge in [0.25, 0.3) is 5.91 Å². The lowest BCUT2D eigenvalue weighted by Gasteiger charge is -2.36. The van der Waals surface area contributed by atoms with Gasteiger partial charge in [-0.25, -0.2) is 0 Å². The van der Waals surface area contributed by atoms with Crippen molar-refractivity contribution in [1.82, 2.24) is 20.9 Å². The summed E-state index contributed by atoms with van der Waals surface area (Å²) in [5, 5.41) is 9.71. The second kappa shape index (κ2) is 9.89. The standard InChI is InChI=1S/C25H32ClN5O4/c1-25(2)9-8-15(22(33)31-25)12-17(21(27)32)29-23(34)18(10-13-6-7-13)30-24(35)19-11-14-4-3-5-16(26)20(14)28-19/h3-5,11,13,15,17-18,28H,6-10,12H2,1-2H3,(H2,27,32)(H,29,34)(H,30,35)(H,31,33)/t15-,17-,18-/m0/s1. The highest BCUT2D eigenvalue weighted by molar-refractivity contribution is 6.35. The molecule has 2 aliphatic rings. The van der Waals surface area contributed by atoms with E-state index in [1.165, 1.54) is 0 Å². The molecule has 9 nitrogen and oxygen atoms in total. The molecule has 1 aromatic carbocycles. The summed E-state index contributed by atoms with van der Waals surface area (Å²) in [6, 6.07) is 5.19. The van der Waals surface area contributed by atoms with Gasteiger partial charge in [0.2, 0.25) is 17.7 Å². The van der Waals surface area contributed by atoms with Crippen molar-refractivity contribution in [2.75, 3.05) is 0 Å². The minimum atomic E-state index is -1.01. The molecule has 188 valence electrons. The van der Waals surface area contributed by atoms with Crippen LogP contribution in [0, 0.1) is 11.8 Å². The summed E-state index contributed by atoms with van der Waals surface area (Å²) in [7, 11) is 0. The van der Waals surface area contributed by atoms with Crippen LogP contribution in [0.3, 0.4) is 0 Å². The maximum atomic E-state index is 13.2. The zero-order valence-electron chi connectivity index (χ0n) is 19.9. The van der Waals surface area contributed by atoms with Gasteiger partial charge in [-0.3, -0.25) is 19.2 Å². The third-order valence-electron chi connectivity index (χ3n) is 6.87. The fourth-order valence-corrected chi connectivity index (χ4v) is 4.82. The SMILES string of the molecule is CC1(C)CC[C@@H](C[C@H](NC(=O)[C@H](CC2CC2)NC(=O)c2cc3cccc(Cl)c3[nH]2)C(N)=O)C(=O)N1. The van der Waals surface area contributed by atoms with Gasteiger partial charge in [-0.05, 0) is 57.6 Å². The van der Waals surface area contributed by atoms with Gasteiger partial charge in [0, 0.05) is 16.8 Å². The molecule has 4 amide bonds. The Hall–Kier alpha value is -3.07. The number of carbonyl (C=O) groups is 4. The Balaban J connectivity index is 1.44. The van der Waals surface area contributed by atoms with E-state index in [1.807, 2.05) is 19.9 Å². The van der Waals surface area contributed by atoms with Crippen molar-refractivity contribution in [2.24, 2.45) is 17.6 Å². The van der Waals surface area contributed by atoms with E-state index in [4.69, 9.17) is 17.3 Å². The van der Waals surface area contributed by atoms with Crippen LogP contribution in [0.2, 0.25) is 5.02 Å². The number of benzene rings is 1. The molecule has 1 aliphatic heterocycles. The second-order valence-corrected chi connectivity index (χ2v) is 10.8. The van der Waals surface area contributed by atoms with Gasteiger partial charge in [-0.1, -0.05) is 36.6 Å². The predicted octanol–water partition coefficient (Wildman–Crippen LogP) is 2.38. The van der Waals surface area contributed by atoms with Crippen molar-refractivity contribution in [3.05, 3.63) is 35.0 Å². The molecule has 2 fully saturated rings. The molecule has 3 atom stereocenters. The molecule has 1 aliphatic carbocycles. The maximum absolute atomic E-state index is 13.2. The third kappa shape index (κ3) is 6.14. The number of aromatic nitrogens is 1. The molecule has 6 N–H and O–H groups in total. The van der Waals surface area contributed by atoms with E-state index in [1.54, 1.807) is 18.2 Å². The van der Waals surface area contributed by atoms with Crippen LogP contribution < -0.4 is 21.7 Å². The Morgan fingerprint density at radius 1 is 1.14 bits per heavy atom. The summed E-state index contributed by atoms with van der Waals surface area (Å²) in [6.07, 6.45) is 3.91. The number of rotatable bonds is 9. The number of primary amides is 1. The lowest BCUT2D eigenvalue weighted by Crippen LogP contribution is -2.56. The number of H-pyrrole nitrogens is 1. The molecule has 35 heavy (non-hydrogen) atoms. The highest BCUT2D eigenvalue weighted by Gasteiger charge is 2.37. The number of para-hydroxylation sites is 1. The van der Waals surface area contributed by atoms with E-state index < -0.39 is 35.7 Å². The van der Waals surface area contributed by atoms with Crippen molar-refractivity contribution in [1.29, 1.82) is 0 Å². The fraction of sp³-hybridized carbons (Fsp3) is 0.520. The molecule has 0 unspecified atom stereocenters. The highest BCUT2D eigenvalue weighted by Crippen LogP contribution is 2.34. The molecule has 1 saturated carbocycles. The van der Waals surface area contributed by atoms with Crippen LogP contribution in [0.1, 0.15) is 62.9 Å². The molecule has 4 rings (SSSR count). The van der Waals surface area contributed by atoms with Crippen LogP contribution in [0.4, 0.5) is 0 Å². The van der Waals surface area contributed by atoms with E-state index in [-0.39, 0.29) is 23.6 Å². The Bertz CT molecular complexity index is 1160. The van der Waals surface area contributed by atoms with E-state index >= 15 is 0 Å². The monoisotopic (exact) mass is 501 g/mol. The first-order valence-electron chi connectivity index (χ1n) is 12.0. The molecule has 2 aromatic rings. The van der Waals surface area contributed by atoms with Crippen LogP contribution in [0.5, 0.6) is 0 Å². The summed E-state index contributed by atoms with van der Waals surface area (Å²) in [4.78, 5) is 53.8. The van der Waals surface area contributed by atoms with Gasteiger partial charge in [0.1, 0.15) is 17.8 Å². The van der Waals surface area contributed by atoms with Crippen LogP contribution in [0.25, 0.3) is 10.9 Å². The molecule has 0 spiro atoms. The van der Waals surface area contributed by atoms with Gasteiger partial charge in [0.05, 0.1) is 10.5 Å². The number of fused-ring (bicyclic) bond motifs is 1. The number of carbonyl (C=O) groups excluding carboxylic acids is 4. The summed E-state index contributed by atoms with van der Waals surface area (Å²) >= 11 is 6.20. The topological polar surface area (TPSA) is 146 Å². The number of hydrogen-bond donors (Lipinski definition) is 5. The number of nitrogens with two attached hydrogens (primary N) is 1. The summed E-state index contributed by atoms with van der Waals surface area (Å²) in [5.41, 5.74) is 6.20. The maximum Gasteiger partial charge on any atom is 0.268 e. The quantitative estimate of drug-likeness (QED) is 0.359. The first-order valence-corrected chi connectivity index (χ1v) is 12.4. The van der Waals surface area contributed by atoms with Gasteiger partial charge in [0.15, 0.2) is 0 Å². The Morgan fingerprint density at radius 3 is 2.51 bits per heavy atom. The average molecular weight is 502 g/mol. The summed E-state index contributed by atoms with van der Waals surface area (Å²) in [5.74, 6) is -1.88. The predicted molar refractivity (Wildman–Crippen MR) is 133 cm³/mol. The molecular formula is C25H32ClN5O4. The average Bonchev–Trinajstić information content (AvgIpc) is 3.48. The Morgan fingerprint density at radius 2 is 1.89 bits per heavy atom. The number of amides is 4. The molecular weight excluding hydrogens is 470 g/mol. The molecule has 0 bridgehead atoms. The number of piperidine rings is 1. The van der Waals surface area contributed by atoms with Gasteiger partial charge >= 0.3 is 0 Å². The fourth-order valence-electron chi connectivity index (χ4n) is 4.59. The second-order valence-electron chi connectivity index (χ2n) is 10.4. The van der Waals surface area contributed by atoms with Crippen LogP contribution in [-0.2, 0) is 14.4 Å². The number of aromatic amines is 1. The lowest BCUT2D eigenvalue weighted by molar-refractivity contribution is -0.132. The molecule has 1 saturated heterocycles. The van der Waals surface area contributed by atoms with Crippen LogP contribution in [-0.4, -0.2) is 46.2 Å². The van der Waals surface area contributed by atoms with Crippen LogP contribution >= 0.6 is 11.6 Å². The number of hydrogen-bond acceptors (Lipinski definition) is 4. The van der Waals surface area contributed by atoms with Gasteiger partial charge < -0.3 is 26.7 Å². The van der Waals surface area contributed by atoms with Crippen molar-refractivity contribution in [3.8, 4) is 0 Å². The van der Waals surface area contributed by atoms with Crippen molar-refractivity contribution in [2.45, 2.75) is 70.0 Å². The minimum absolute atomic E-state index is 0.119. The zero-order chi connectivity index (χ0) is 25.3. The van der Waals surface area contributed by atoms with Crippen molar-refractivity contribution in [3.63, 3.8) is 0 Å². The minimum Gasteiger partial charge on any atom is -0.368 e. The Kier molecular flexibility index (Phi) is 7.07. The van der Waals surface area contributed by atoms with E-state index in [2.05, 4.69) is 20.9 Å². The number of nitrogens with one attached hydrogen (secondary N) is 4. The molecule has 1 aromatic heterocycles. The van der Waals surface area contributed by atoms with Crippen LogP contribution in [0.15, 0.2) is 24.3 Å². The van der Waals surface area contributed by atoms with Crippen molar-refractivity contribution >= 4 is 46.1 Å².